The number of hydrogen-bond donors (Lipinski definition) is 0. The average Bonchev–Trinajstić information content (AvgIpc) is 2.40. The molecular formula is C10H18INO. The summed E-state index contributed by atoms with van der Waals surface area (Å²) in [6.07, 6.45) is 4.00. The van der Waals surface area contributed by atoms with Crippen molar-refractivity contribution in [1.29, 1.82) is 0 Å². The molecule has 1 atom stereocenters. The quantitative estimate of drug-likeness (QED) is 0.726. The lowest BCUT2D eigenvalue weighted by Gasteiger charge is -2.30. The topological polar surface area (TPSA) is 12.5 Å². The third-order valence-corrected chi connectivity index (χ3v) is 3.80. The van der Waals surface area contributed by atoms with E-state index in [9.17, 15) is 0 Å². The maximum atomic E-state index is 5.35. The van der Waals surface area contributed by atoms with Crippen LogP contribution in [0.3, 0.4) is 0 Å². The van der Waals surface area contributed by atoms with Gasteiger partial charge in [0.25, 0.3) is 0 Å². The lowest BCUT2D eigenvalue weighted by molar-refractivity contribution is 0.139. The summed E-state index contributed by atoms with van der Waals surface area (Å²) in [5.74, 6) is 0. The summed E-state index contributed by atoms with van der Waals surface area (Å²) in [6.45, 7) is 8.20. The van der Waals surface area contributed by atoms with E-state index in [1.807, 2.05) is 23.0 Å². The highest BCUT2D eigenvalue weighted by Crippen LogP contribution is 2.47. The highest BCUT2D eigenvalue weighted by molar-refractivity contribution is 14.1. The number of nitrogens with zero attached hydrogens (tertiary/aromatic N) is 1. The largest absolute Gasteiger partial charge is 0.314 e. The third kappa shape index (κ3) is 1.75. The van der Waals surface area contributed by atoms with E-state index < -0.39 is 0 Å². The third-order valence-electron chi connectivity index (χ3n) is 3.49. The van der Waals surface area contributed by atoms with Crippen molar-refractivity contribution in [3.63, 3.8) is 0 Å². The molecule has 0 N–H and O–H groups in total. The molecular weight excluding hydrogens is 277 g/mol. The average molecular weight is 295 g/mol. The zero-order chi connectivity index (χ0) is 9.53. The fourth-order valence-corrected chi connectivity index (χ4v) is 3.80. The minimum atomic E-state index is 0.394. The molecule has 0 spiro atoms. The maximum Gasteiger partial charge on any atom is 0.109 e. The molecule has 0 saturated carbocycles. The van der Waals surface area contributed by atoms with Gasteiger partial charge in [-0.15, -0.1) is 0 Å². The van der Waals surface area contributed by atoms with Gasteiger partial charge < -0.3 is 3.07 Å². The Labute approximate surface area is 94.7 Å². The zero-order valence-corrected chi connectivity index (χ0v) is 10.6. The van der Waals surface area contributed by atoms with Gasteiger partial charge in [0.2, 0.25) is 0 Å². The van der Waals surface area contributed by atoms with Crippen LogP contribution in [-0.4, -0.2) is 30.1 Å². The van der Waals surface area contributed by atoms with E-state index in [0.717, 1.165) is 6.61 Å². The normalized spacial score (nSPS) is 38.1. The van der Waals surface area contributed by atoms with Crippen molar-refractivity contribution in [2.24, 2.45) is 5.41 Å². The molecule has 2 aliphatic rings. The minimum Gasteiger partial charge on any atom is -0.314 e. The second kappa shape index (κ2) is 3.35. The molecule has 0 aromatic rings. The van der Waals surface area contributed by atoms with Crippen molar-refractivity contribution < 1.29 is 3.07 Å². The molecule has 2 rings (SSSR count). The molecule has 2 saturated heterocycles. The predicted octanol–water partition coefficient (Wildman–Crippen LogP) is 2.62. The molecule has 0 unspecified atom stereocenters. The summed E-state index contributed by atoms with van der Waals surface area (Å²) >= 11 is 2.03. The molecule has 0 aromatic carbocycles. The van der Waals surface area contributed by atoms with E-state index in [1.54, 1.807) is 0 Å². The first-order valence-corrected chi connectivity index (χ1v) is 5.95. The van der Waals surface area contributed by atoms with Crippen molar-refractivity contribution >= 4 is 23.0 Å². The summed E-state index contributed by atoms with van der Waals surface area (Å²) in [4.78, 5) is 2.64. The molecule has 0 aliphatic carbocycles. The van der Waals surface area contributed by atoms with Crippen LogP contribution in [0.5, 0.6) is 0 Å². The predicted molar refractivity (Wildman–Crippen MR) is 61.9 cm³/mol. The first-order valence-electron chi connectivity index (χ1n) is 5.07. The number of halogens is 1. The van der Waals surface area contributed by atoms with Crippen LogP contribution < -0.4 is 0 Å². The molecule has 0 aromatic heterocycles. The Balaban J connectivity index is 2.15. The summed E-state index contributed by atoms with van der Waals surface area (Å²) in [5, 5.41) is 0. The van der Waals surface area contributed by atoms with Gasteiger partial charge in [0, 0.05) is 12.1 Å². The van der Waals surface area contributed by atoms with Gasteiger partial charge in [-0.2, -0.15) is 0 Å². The Bertz CT molecular complexity index is 207. The van der Waals surface area contributed by atoms with E-state index in [0.29, 0.717) is 11.0 Å². The van der Waals surface area contributed by atoms with Crippen molar-refractivity contribution in [3.05, 3.63) is 0 Å². The Hall–Kier alpha value is 0.650. The molecule has 2 aliphatic heterocycles. The fraction of sp³-hybridized carbons (Fsp3) is 1.00. The SMILES string of the molecule is CC1(C)CN2CCC[C@@]2(COI)C1. The smallest absolute Gasteiger partial charge is 0.109 e. The first-order chi connectivity index (χ1) is 6.08. The van der Waals surface area contributed by atoms with Crippen LogP contribution in [0.15, 0.2) is 0 Å². The Morgan fingerprint density at radius 3 is 2.92 bits per heavy atom. The van der Waals surface area contributed by atoms with Crippen molar-refractivity contribution in [3.8, 4) is 0 Å². The molecule has 2 fully saturated rings. The molecule has 0 bridgehead atoms. The van der Waals surface area contributed by atoms with Crippen LogP contribution in [0, 0.1) is 5.41 Å². The highest BCUT2D eigenvalue weighted by atomic mass is 127. The lowest BCUT2D eigenvalue weighted by atomic mass is 9.83. The molecule has 3 heteroatoms. The molecule has 0 amide bonds. The van der Waals surface area contributed by atoms with E-state index in [4.69, 9.17) is 3.07 Å². The Morgan fingerprint density at radius 2 is 2.23 bits per heavy atom. The minimum absolute atomic E-state index is 0.394. The number of hydrogen-bond acceptors (Lipinski definition) is 2. The first kappa shape index (κ1) is 10.2. The molecule has 2 heterocycles. The number of rotatable bonds is 2. The van der Waals surface area contributed by atoms with Crippen molar-refractivity contribution in [1.82, 2.24) is 4.90 Å². The van der Waals surface area contributed by atoms with Gasteiger partial charge >= 0.3 is 0 Å². The summed E-state index contributed by atoms with van der Waals surface area (Å²) in [7, 11) is 0. The van der Waals surface area contributed by atoms with Crippen LogP contribution in [0.1, 0.15) is 33.1 Å². The van der Waals surface area contributed by atoms with Gasteiger partial charge in [-0.25, -0.2) is 0 Å². The van der Waals surface area contributed by atoms with E-state index in [2.05, 4.69) is 18.7 Å². The molecule has 2 nitrogen and oxygen atoms in total. The van der Waals surface area contributed by atoms with E-state index in [1.165, 1.54) is 32.4 Å². The van der Waals surface area contributed by atoms with Crippen LogP contribution >= 0.6 is 23.0 Å². The molecule has 76 valence electrons. The van der Waals surface area contributed by atoms with Crippen molar-refractivity contribution in [2.45, 2.75) is 38.6 Å². The van der Waals surface area contributed by atoms with Crippen LogP contribution in [0.2, 0.25) is 0 Å². The van der Waals surface area contributed by atoms with Gasteiger partial charge in [0.1, 0.15) is 23.0 Å². The zero-order valence-electron chi connectivity index (χ0n) is 8.48. The standard InChI is InChI=1S/C10H18INO/c1-9(2)6-10(8-13-11)4-3-5-12(10)7-9/h3-8H2,1-2H3/t10-/m0/s1. The lowest BCUT2D eigenvalue weighted by Crippen LogP contribution is -2.41. The van der Waals surface area contributed by atoms with E-state index in [-0.39, 0.29) is 0 Å². The number of fused-ring (bicyclic) bond motifs is 1. The van der Waals surface area contributed by atoms with Gasteiger partial charge in [0.05, 0.1) is 6.61 Å². The summed E-state index contributed by atoms with van der Waals surface area (Å²) in [5.41, 5.74) is 0.889. The van der Waals surface area contributed by atoms with Gasteiger partial charge in [-0.1, -0.05) is 13.8 Å². The van der Waals surface area contributed by atoms with Gasteiger partial charge in [-0.05, 0) is 31.2 Å². The molecule has 13 heavy (non-hydrogen) atoms. The Kier molecular flexibility index (Phi) is 2.62. The van der Waals surface area contributed by atoms with Gasteiger partial charge in [-0.3, -0.25) is 4.90 Å². The second-order valence-electron chi connectivity index (χ2n) is 5.34. The Morgan fingerprint density at radius 1 is 1.46 bits per heavy atom. The second-order valence-corrected chi connectivity index (χ2v) is 5.97. The van der Waals surface area contributed by atoms with Crippen LogP contribution in [-0.2, 0) is 3.07 Å². The summed E-state index contributed by atoms with van der Waals surface area (Å²) in [6, 6.07) is 0. The van der Waals surface area contributed by atoms with E-state index >= 15 is 0 Å². The van der Waals surface area contributed by atoms with Crippen molar-refractivity contribution in [2.75, 3.05) is 19.7 Å². The van der Waals surface area contributed by atoms with Crippen LogP contribution in [0.4, 0.5) is 0 Å². The summed E-state index contributed by atoms with van der Waals surface area (Å²) < 4.78 is 5.35. The fourth-order valence-electron chi connectivity index (χ4n) is 3.22. The maximum absolute atomic E-state index is 5.35. The monoisotopic (exact) mass is 295 g/mol. The van der Waals surface area contributed by atoms with Crippen LogP contribution in [0.25, 0.3) is 0 Å². The van der Waals surface area contributed by atoms with Gasteiger partial charge in [0.15, 0.2) is 0 Å². The highest BCUT2D eigenvalue weighted by Gasteiger charge is 2.51. The molecule has 0 radical (unpaired) electrons.